The molecule has 2 N–H and O–H groups in total. The van der Waals surface area contributed by atoms with E-state index in [4.69, 9.17) is 9.47 Å². The van der Waals surface area contributed by atoms with Gasteiger partial charge in [0.05, 0.1) is 18.8 Å². The SMILES string of the molecule is CCOCC(O)CNCCC1CCCCO1. The van der Waals surface area contributed by atoms with Crippen LogP contribution in [0.2, 0.25) is 0 Å². The van der Waals surface area contributed by atoms with Crippen LogP contribution >= 0.6 is 0 Å². The van der Waals surface area contributed by atoms with Crippen molar-refractivity contribution in [3.63, 3.8) is 0 Å². The smallest absolute Gasteiger partial charge is 0.0897 e. The molecule has 0 aliphatic carbocycles. The lowest BCUT2D eigenvalue weighted by Gasteiger charge is -2.22. The van der Waals surface area contributed by atoms with Crippen molar-refractivity contribution in [3.05, 3.63) is 0 Å². The van der Waals surface area contributed by atoms with Crippen LogP contribution in [0.25, 0.3) is 0 Å². The summed E-state index contributed by atoms with van der Waals surface area (Å²) in [6, 6.07) is 0. The fourth-order valence-corrected chi connectivity index (χ4v) is 1.88. The van der Waals surface area contributed by atoms with Crippen molar-refractivity contribution < 1.29 is 14.6 Å². The lowest BCUT2D eigenvalue weighted by atomic mass is 10.1. The molecule has 1 saturated heterocycles. The van der Waals surface area contributed by atoms with E-state index in [0.717, 1.165) is 19.6 Å². The Hall–Kier alpha value is -0.160. The van der Waals surface area contributed by atoms with Crippen molar-refractivity contribution in [1.82, 2.24) is 5.32 Å². The summed E-state index contributed by atoms with van der Waals surface area (Å²) in [6.07, 6.45) is 4.75. The van der Waals surface area contributed by atoms with E-state index >= 15 is 0 Å². The predicted molar refractivity (Wildman–Crippen MR) is 63.6 cm³/mol. The Bertz CT molecular complexity index is 160. The summed E-state index contributed by atoms with van der Waals surface area (Å²) >= 11 is 0. The van der Waals surface area contributed by atoms with E-state index in [-0.39, 0.29) is 0 Å². The van der Waals surface area contributed by atoms with Gasteiger partial charge in [0.2, 0.25) is 0 Å². The first-order chi connectivity index (χ1) is 7.83. The topological polar surface area (TPSA) is 50.7 Å². The Balaban J connectivity index is 1.90. The maximum absolute atomic E-state index is 9.50. The Morgan fingerprint density at radius 3 is 3.06 bits per heavy atom. The van der Waals surface area contributed by atoms with Crippen LogP contribution in [0.3, 0.4) is 0 Å². The molecule has 1 rings (SSSR count). The van der Waals surface area contributed by atoms with Gasteiger partial charge in [-0.25, -0.2) is 0 Å². The maximum atomic E-state index is 9.50. The molecule has 1 aliphatic rings. The van der Waals surface area contributed by atoms with Gasteiger partial charge in [0.1, 0.15) is 0 Å². The van der Waals surface area contributed by atoms with E-state index < -0.39 is 6.10 Å². The minimum Gasteiger partial charge on any atom is -0.389 e. The summed E-state index contributed by atoms with van der Waals surface area (Å²) in [7, 11) is 0. The van der Waals surface area contributed by atoms with Gasteiger partial charge >= 0.3 is 0 Å². The number of ether oxygens (including phenoxy) is 2. The third kappa shape index (κ3) is 6.43. The zero-order valence-electron chi connectivity index (χ0n) is 10.3. The standard InChI is InChI=1S/C12H25NO3/c1-2-15-10-11(14)9-13-7-6-12-5-3-4-8-16-12/h11-14H,2-10H2,1H3. The second-order valence-electron chi connectivity index (χ2n) is 4.29. The molecule has 0 saturated carbocycles. The molecule has 0 radical (unpaired) electrons. The van der Waals surface area contributed by atoms with E-state index in [2.05, 4.69) is 5.32 Å². The molecule has 0 amide bonds. The van der Waals surface area contributed by atoms with Crippen LogP contribution in [-0.4, -0.2) is 50.2 Å². The number of aliphatic hydroxyl groups excluding tert-OH is 1. The third-order valence-electron chi connectivity index (χ3n) is 2.81. The van der Waals surface area contributed by atoms with Gasteiger partial charge in [0, 0.05) is 19.8 Å². The second kappa shape index (κ2) is 8.93. The zero-order valence-corrected chi connectivity index (χ0v) is 10.3. The molecule has 1 heterocycles. The van der Waals surface area contributed by atoms with Crippen molar-refractivity contribution in [2.45, 2.75) is 44.8 Å². The zero-order chi connectivity index (χ0) is 11.6. The Morgan fingerprint density at radius 1 is 1.50 bits per heavy atom. The molecular formula is C12H25NO3. The van der Waals surface area contributed by atoms with E-state index in [1.165, 1.54) is 19.3 Å². The molecule has 2 unspecified atom stereocenters. The fourth-order valence-electron chi connectivity index (χ4n) is 1.88. The average Bonchev–Trinajstić information content (AvgIpc) is 2.33. The molecule has 1 aliphatic heterocycles. The van der Waals surface area contributed by atoms with E-state index in [9.17, 15) is 5.11 Å². The molecule has 0 aromatic rings. The second-order valence-corrected chi connectivity index (χ2v) is 4.29. The highest BCUT2D eigenvalue weighted by Crippen LogP contribution is 2.14. The lowest BCUT2D eigenvalue weighted by Crippen LogP contribution is -2.33. The van der Waals surface area contributed by atoms with E-state index in [1.54, 1.807) is 0 Å². The largest absolute Gasteiger partial charge is 0.389 e. The van der Waals surface area contributed by atoms with E-state index in [1.807, 2.05) is 6.92 Å². The maximum Gasteiger partial charge on any atom is 0.0897 e. The summed E-state index contributed by atoms with van der Waals surface area (Å²) in [6.45, 7) is 5.44. The monoisotopic (exact) mass is 231 g/mol. The van der Waals surface area contributed by atoms with Crippen LogP contribution in [0, 0.1) is 0 Å². The number of hydrogen-bond acceptors (Lipinski definition) is 4. The number of hydrogen-bond donors (Lipinski definition) is 2. The molecule has 96 valence electrons. The van der Waals surface area contributed by atoms with Crippen molar-refractivity contribution >= 4 is 0 Å². The molecule has 0 spiro atoms. The highest BCUT2D eigenvalue weighted by atomic mass is 16.5. The van der Waals surface area contributed by atoms with Gasteiger partial charge in [-0.3, -0.25) is 0 Å². The molecule has 16 heavy (non-hydrogen) atoms. The van der Waals surface area contributed by atoms with Crippen LogP contribution in [-0.2, 0) is 9.47 Å². The predicted octanol–water partition coefficient (Wildman–Crippen LogP) is 0.933. The minimum atomic E-state index is -0.396. The number of aliphatic hydroxyl groups is 1. The Kier molecular flexibility index (Phi) is 7.76. The summed E-state index contributed by atoms with van der Waals surface area (Å²) in [5.41, 5.74) is 0. The summed E-state index contributed by atoms with van der Waals surface area (Å²) in [4.78, 5) is 0. The normalized spacial score (nSPS) is 23.2. The fraction of sp³-hybridized carbons (Fsp3) is 1.00. The first-order valence-corrected chi connectivity index (χ1v) is 6.41. The summed E-state index contributed by atoms with van der Waals surface area (Å²) in [5.74, 6) is 0. The van der Waals surface area contributed by atoms with Crippen molar-refractivity contribution in [3.8, 4) is 0 Å². The van der Waals surface area contributed by atoms with Crippen molar-refractivity contribution in [2.75, 3.05) is 32.9 Å². The van der Waals surface area contributed by atoms with Gasteiger partial charge in [-0.05, 0) is 39.2 Å². The van der Waals surface area contributed by atoms with Crippen molar-refractivity contribution in [1.29, 1.82) is 0 Å². The average molecular weight is 231 g/mol. The highest BCUT2D eigenvalue weighted by Gasteiger charge is 2.13. The van der Waals surface area contributed by atoms with Crippen molar-refractivity contribution in [2.24, 2.45) is 0 Å². The van der Waals surface area contributed by atoms with Crippen LogP contribution in [0.15, 0.2) is 0 Å². The third-order valence-corrected chi connectivity index (χ3v) is 2.81. The molecule has 0 aromatic heterocycles. The summed E-state index contributed by atoms with van der Waals surface area (Å²) < 4.78 is 10.8. The van der Waals surface area contributed by atoms with Gasteiger partial charge in [-0.2, -0.15) is 0 Å². The first kappa shape index (κ1) is 13.9. The van der Waals surface area contributed by atoms with Crippen LogP contribution in [0.5, 0.6) is 0 Å². The molecule has 4 heteroatoms. The number of nitrogens with one attached hydrogen (secondary N) is 1. The molecular weight excluding hydrogens is 206 g/mol. The Morgan fingerprint density at radius 2 is 2.38 bits per heavy atom. The van der Waals surface area contributed by atoms with Crippen LogP contribution < -0.4 is 5.32 Å². The van der Waals surface area contributed by atoms with Gasteiger partial charge in [-0.15, -0.1) is 0 Å². The van der Waals surface area contributed by atoms with Gasteiger partial charge in [0.15, 0.2) is 0 Å². The van der Waals surface area contributed by atoms with Crippen LogP contribution in [0.4, 0.5) is 0 Å². The first-order valence-electron chi connectivity index (χ1n) is 6.41. The lowest BCUT2D eigenvalue weighted by molar-refractivity contribution is 0.00991. The summed E-state index contributed by atoms with van der Waals surface area (Å²) in [5, 5.41) is 12.7. The Labute approximate surface area is 98.3 Å². The molecule has 2 atom stereocenters. The number of rotatable bonds is 8. The molecule has 4 nitrogen and oxygen atoms in total. The van der Waals surface area contributed by atoms with Crippen LogP contribution in [0.1, 0.15) is 32.6 Å². The van der Waals surface area contributed by atoms with Gasteiger partial charge < -0.3 is 19.9 Å². The molecule has 0 aromatic carbocycles. The molecule has 1 fully saturated rings. The molecule has 0 bridgehead atoms. The minimum absolute atomic E-state index is 0.396. The quantitative estimate of drug-likeness (QED) is 0.610. The highest BCUT2D eigenvalue weighted by molar-refractivity contribution is 4.66. The van der Waals surface area contributed by atoms with Gasteiger partial charge in [0.25, 0.3) is 0 Å². The van der Waals surface area contributed by atoms with Gasteiger partial charge in [-0.1, -0.05) is 0 Å². The van der Waals surface area contributed by atoms with E-state index in [0.29, 0.717) is 25.9 Å².